The van der Waals surface area contributed by atoms with E-state index in [9.17, 15) is 13.2 Å². The fourth-order valence-electron chi connectivity index (χ4n) is 1.68. The summed E-state index contributed by atoms with van der Waals surface area (Å²) in [6, 6.07) is 6.01. The highest BCUT2D eigenvalue weighted by molar-refractivity contribution is 7.89. The first-order chi connectivity index (χ1) is 9.53. The van der Waals surface area contributed by atoms with E-state index < -0.39 is 10.0 Å². The molecular weight excluding hydrogens is 278 g/mol. The number of imidazole rings is 1. The molecule has 0 radical (unpaired) electrons. The topological polar surface area (TPSA) is 91.9 Å². The summed E-state index contributed by atoms with van der Waals surface area (Å²) in [4.78, 5) is 18.4. The summed E-state index contributed by atoms with van der Waals surface area (Å²) >= 11 is 0. The van der Waals surface area contributed by atoms with Gasteiger partial charge in [-0.2, -0.15) is 0 Å². The molecule has 0 spiro atoms. The molecule has 6 nitrogen and oxygen atoms in total. The van der Waals surface area contributed by atoms with Crippen LogP contribution in [0.3, 0.4) is 0 Å². The fraction of sp³-hybridized carbons (Fsp3) is 0.231. The summed E-state index contributed by atoms with van der Waals surface area (Å²) in [5.41, 5.74) is 0.397. The largest absolute Gasteiger partial charge is 0.347 e. The highest BCUT2D eigenvalue weighted by Crippen LogP contribution is 2.13. The second kappa shape index (κ2) is 5.98. The Bertz CT molecular complexity index is 693. The molecule has 1 heterocycles. The molecule has 0 amide bonds. The van der Waals surface area contributed by atoms with Crippen molar-refractivity contribution in [2.24, 2.45) is 0 Å². The molecule has 0 fully saturated rings. The van der Waals surface area contributed by atoms with Crippen LogP contribution >= 0.6 is 0 Å². The van der Waals surface area contributed by atoms with Crippen molar-refractivity contribution in [3.05, 3.63) is 48.0 Å². The van der Waals surface area contributed by atoms with Crippen LogP contribution < -0.4 is 4.72 Å². The molecule has 1 aromatic carbocycles. The molecule has 0 atom stereocenters. The molecule has 0 aliphatic carbocycles. The smallest absolute Gasteiger partial charge is 0.240 e. The molecule has 7 heteroatoms. The van der Waals surface area contributed by atoms with Crippen molar-refractivity contribution in [2.75, 3.05) is 0 Å². The number of H-pyrrole nitrogens is 1. The van der Waals surface area contributed by atoms with Gasteiger partial charge in [0, 0.05) is 24.4 Å². The van der Waals surface area contributed by atoms with Crippen LogP contribution in [0.15, 0.2) is 41.6 Å². The molecule has 0 aliphatic rings. The molecule has 2 N–H and O–H groups in total. The van der Waals surface area contributed by atoms with Gasteiger partial charge in [0.1, 0.15) is 5.82 Å². The Morgan fingerprint density at radius 3 is 2.85 bits per heavy atom. The minimum atomic E-state index is -3.66. The summed E-state index contributed by atoms with van der Waals surface area (Å²) in [6.45, 7) is 1.81. The molecule has 106 valence electrons. The Hall–Kier alpha value is -1.99. The zero-order valence-electron chi connectivity index (χ0n) is 11.0. The van der Waals surface area contributed by atoms with Crippen molar-refractivity contribution in [2.45, 2.75) is 24.8 Å². The number of benzene rings is 1. The monoisotopic (exact) mass is 293 g/mol. The summed E-state index contributed by atoms with van der Waals surface area (Å²) < 4.78 is 26.7. The van der Waals surface area contributed by atoms with Gasteiger partial charge in [-0.15, -0.1) is 0 Å². The molecule has 0 bridgehead atoms. The third-order valence-corrected chi connectivity index (χ3v) is 4.17. The lowest BCUT2D eigenvalue weighted by atomic mass is 10.1. The highest BCUT2D eigenvalue weighted by Gasteiger charge is 2.16. The quantitative estimate of drug-likeness (QED) is 0.789. The van der Waals surface area contributed by atoms with Crippen LogP contribution in [0.1, 0.15) is 29.5 Å². The first-order valence-electron chi connectivity index (χ1n) is 6.14. The van der Waals surface area contributed by atoms with E-state index in [1.165, 1.54) is 12.1 Å². The van der Waals surface area contributed by atoms with E-state index in [-0.39, 0.29) is 17.2 Å². The number of nitrogens with one attached hydrogen (secondary N) is 2. The maximum atomic E-state index is 12.1. The van der Waals surface area contributed by atoms with Crippen LogP contribution in [-0.2, 0) is 16.6 Å². The molecule has 0 aliphatic heterocycles. The number of hydrogen-bond donors (Lipinski definition) is 2. The fourth-order valence-corrected chi connectivity index (χ4v) is 2.72. The van der Waals surface area contributed by atoms with Gasteiger partial charge in [-0.05, 0) is 12.1 Å². The predicted molar refractivity (Wildman–Crippen MR) is 73.7 cm³/mol. The van der Waals surface area contributed by atoms with E-state index in [0.29, 0.717) is 17.8 Å². The van der Waals surface area contributed by atoms with Crippen molar-refractivity contribution in [3.63, 3.8) is 0 Å². The highest BCUT2D eigenvalue weighted by atomic mass is 32.2. The van der Waals surface area contributed by atoms with Gasteiger partial charge in [-0.25, -0.2) is 18.1 Å². The van der Waals surface area contributed by atoms with E-state index in [1.807, 2.05) is 0 Å². The lowest BCUT2D eigenvalue weighted by Crippen LogP contribution is -2.24. The molecule has 1 aromatic heterocycles. The zero-order valence-corrected chi connectivity index (χ0v) is 11.8. The van der Waals surface area contributed by atoms with Gasteiger partial charge in [-0.3, -0.25) is 4.79 Å². The Kier molecular flexibility index (Phi) is 4.31. The van der Waals surface area contributed by atoms with Gasteiger partial charge >= 0.3 is 0 Å². The summed E-state index contributed by atoms with van der Waals surface area (Å²) in [5, 5.41) is 0. The third-order valence-electron chi connectivity index (χ3n) is 2.77. The number of aromatic amines is 1. The first-order valence-corrected chi connectivity index (χ1v) is 7.62. The number of aromatic nitrogens is 2. The van der Waals surface area contributed by atoms with Gasteiger partial charge in [0.15, 0.2) is 5.78 Å². The van der Waals surface area contributed by atoms with Crippen LogP contribution in [0.5, 0.6) is 0 Å². The second-order valence-electron chi connectivity index (χ2n) is 4.16. The maximum Gasteiger partial charge on any atom is 0.240 e. The minimum absolute atomic E-state index is 0.0707. The number of nitrogens with zero attached hydrogens (tertiary/aromatic N) is 1. The van der Waals surface area contributed by atoms with Gasteiger partial charge in [0.25, 0.3) is 0 Å². The zero-order chi connectivity index (χ0) is 14.6. The van der Waals surface area contributed by atoms with Gasteiger partial charge in [0.05, 0.1) is 11.4 Å². The molecule has 2 rings (SSSR count). The number of hydrogen-bond acceptors (Lipinski definition) is 4. The number of ketones is 1. The minimum Gasteiger partial charge on any atom is -0.347 e. The van der Waals surface area contributed by atoms with Crippen LogP contribution in [0.2, 0.25) is 0 Å². The van der Waals surface area contributed by atoms with Gasteiger partial charge in [-0.1, -0.05) is 19.1 Å². The van der Waals surface area contributed by atoms with E-state index in [1.54, 1.807) is 31.5 Å². The molecular formula is C13H15N3O3S. The standard InChI is InChI=1S/C13H15N3O3S/c1-2-12(17)10-4-3-5-11(8-10)20(18,19)16-9-13-14-6-7-15-13/h3-8,16H,2,9H2,1H3,(H,14,15). The van der Waals surface area contributed by atoms with Crippen molar-refractivity contribution in [1.82, 2.24) is 14.7 Å². The van der Waals surface area contributed by atoms with E-state index in [0.717, 1.165) is 0 Å². The number of carbonyl (C=O) groups is 1. The Morgan fingerprint density at radius 1 is 1.40 bits per heavy atom. The third kappa shape index (κ3) is 3.31. The van der Waals surface area contributed by atoms with Crippen molar-refractivity contribution in [1.29, 1.82) is 0 Å². The summed E-state index contributed by atoms with van der Waals surface area (Å²) in [7, 11) is -3.66. The van der Waals surface area contributed by atoms with Crippen LogP contribution in [0.4, 0.5) is 0 Å². The summed E-state index contributed by atoms with van der Waals surface area (Å²) in [6.07, 6.45) is 3.50. The number of sulfonamides is 1. The van der Waals surface area contributed by atoms with Crippen molar-refractivity contribution in [3.8, 4) is 0 Å². The van der Waals surface area contributed by atoms with E-state index in [4.69, 9.17) is 0 Å². The van der Waals surface area contributed by atoms with Crippen LogP contribution in [0, 0.1) is 0 Å². The Balaban J connectivity index is 2.18. The Labute approximate surface area is 117 Å². The SMILES string of the molecule is CCC(=O)c1cccc(S(=O)(=O)NCc2ncc[nH]2)c1. The number of carbonyl (C=O) groups excluding carboxylic acids is 1. The van der Waals surface area contributed by atoms with Crippen LogP contribution in [0.25, 0.3) is 0 Å². The lowest BCUT2D eigenvalue weighted by Gasteiger charge is -2.06. The maximum absolute atomic E-state index is 12.1. The number of rotatable bonds is 6. The predicted octanol–water partition coefficient (Wildman–Crippen LogP) is 1.48. The normalized spacial score (nSPS) is 11.4. The average Bonchev–Trinajstić information content (AvgIpc) is 2.98. The molecule has 0 unspecified atom stereocenters. The Morgan fingerprint density at radius 2 is 2.20 bits per heavy atom. The first kappa shape index (κ1) is 14.4. The molecule has 0 saturated heterocycles. The summed E-state index contributed by atoms with van der Waals surface area (Å²) in [5.74, 6) is 0.433. The van der Waals surface area contributed by atoms with Gasteiger partial charge in [0.2, 0.25) is 10.0 Å². The number of Topliss-reactive ketones (excluding diaryl/α,β-unsaturated/α-hetero) is 1. The van der Waals surface area contributed by atoms with Crippen LogP contribution in [-0.4, -0.2) is 24.2 Å². The van der Waals surface area contributed by atoms with E-state index in [2.05, 4.69) is 14.7 Å². The molecule has 2 aromatic rings. The van der Waals surface area contributed by atoms with Crippen molar-refractivity contribution >= 4 is 15.8 Å². The van der Waals surface area contributed by atoms with E-state index >= 15 is 0 Å². The second-order valence-corrected chi connectivity index (χ2v) is 5.93. The van der Waals surface area contributed by atoms with Gasteiger partial charge < -0.3 is 4.98 Å². The molecule has 0 saturated carbocycles. The average molecular weight is 293 g/mol. The van der Waals surface area contributed by atoms with Crippen molar-refractivity contribution < 1.29 is 13.2 Å². The molecule has 20 heavy (non-hydrogen) atoms. The lowest BCUT2D eigenvalue weighted by molar-refractivity contribution is 0.0988.